The zero-order valence-electron chi connectivity index (χ0n) is 11.5. The number of imide groups is 1. The van der Waals surface area contributed by atoms with E-state index in [1.165, 1.54) is 4.90 Å². The van der Waals surface area contributed by atoms with E-state index < -0.39 is 0 Å². The van der Waals surface area contributed by atoms with Gasteiger partial charge < -0.3 is 0 Å². The van der Waals surface area contributed by atoms with Crippen molar-refractivity contribution in [1.29, 1.82) is 0 Å². The number of carbonyl (C=O) groups excluding carboxylic acids is 2. The Kier molecular flexibility index (Phi) is 3.10. The number of rotatable bonds is 1. The zero-order valence-corrected chi connectivity index (χ0v) is 11.5. The summed E-state index contributed by atoms with van der Waals surface area (Å²) in [6, 6.07) is 7.09. The van der Waals surface area contributed by atoms with Crippen LogP contribution in [0.15, 0.2) is 24.3 Å². The molecule has 1 saturated heterocycles. The highest BCUT2D eigenvalue weighted by molar-refractivity contribution is 6.22. The first-order chi connectivity index (χ1) is 9.61. The third kappa shape index (κ3) is 1.92. The second kappa shape index (κ2) is 4.79. The Labute approximate surface area is 119 Å². The summed E-state index contributed by atoms with van der Waals surface area (Å²) in [5.74, 6) is 2.68. The molecule has 0 N–H and O–H groups in total. The lowest BCUT2D eigenvalue weighted by Crippen LogP contribution is -2.30. The van der Waals surface area contributed by atoms with Crippen LogP contribution in [0.1, 0.15) is 31.7 Å². The minimum Gasteiger partial charge on any atom is -0.274 e. The molecule has 2 fully saturated rings. The number of amides is 2. The van der Waals surface area contributed by atoms with Crippen molar-refractivity contribution in [2.45, 2.75) is 26.2 Å². The summed E-state index contributed by atoms with van der Waals surface area (Å²) in [5, 5.41) is 0. The van der Waals surface area contributed by atoms with Gasteiger partial charge in [-0.05, 0) is 43.4 Å². The first-order valence-electron chi connectivity index (χ1n) is 7.06. The second-order valence-electron chi connectivity index (χ2n) is 5.84. The largest absolute Gasteiger partial charge is 0.274 e. The van der Waals surface area contributed by atoms with Crippen LogP contribution in [0.4, 0.5) is 5.69 Å². The van der Waals surface area contributed by atoms with E-state index in [0.29, 0.717) is 17.2 Å². The Morgan fingerprint density at radius 2 is 1.95 bits per heavy atom. The van der Waals surface area contributed by atoms with Gasteiger partial charge in [0, 0.05) is 5.56 Å². The highest BCUT2D eigenvalue weighted by Gasteiger charge is 2.49. The number of hydrogen-bond acceptors (Lipinski definition) is 2. The SMILES string of the molecule is C#Cc1cccc(N2C(=O)[C@H]3CC[C@@H](C)C[C@H]3C2=O)c1. The monoisotopic (exact) mass is 267 g/mol. The van der Waals surface area contributed by atoms with Crippen molar-refractivity contribution >= 4 is 17.5 Å². The molecule has 20 heavy (non-hydrogen) atoms. The molecule has 1 heterocycles. The predicted octanol–water partition coefficient (Wildman–Crippen LogP) is 2.59. The molecule has 2 aliphatic rings. The number of hydrogen-bond donors (Lipinski definition) is 0. The molecule has 3 atom stereocenters. The van der Waals surface area contributed by atoms with Crippen molar-refractivity contribution in [3.63, 3.8) is 0 Å². The Morgan fingerprint density at radius 1 is 1.20 bits per heavy atom. The van der Waals surface area contributed by atoms with E-state index in [4.69, 9.17) is 6.42 Å². The molecule has 1 aliphatic heterocycles. The number of terminal acetylenes is 1. The Bertz CT molecular complexity index is 614. The number of fused-ring (bicyclic) bond motifs is 1. The molecule has 2 amide bonds. The third-order valence-electron chi connectivity index (χ3n) is 4.46. The highest BCUT2D eigenvalue weighted by Crippen LogP contribution is 2.42. The van der Waals surface area contributed by atoms with Crippen LogP contribution in [-0.2, 0) is 9.59 Å². The fourth-order valence-corrected chi connectivity index (χ4v) is 3.38. The Balaban J connectivity index is 1.96. The molecular formula is C17H17NO2. The van der Waals surface area contributed by atoms with Gasteiger partial charge in [-0.15, -0.1) is 6.42 Å². The van der Waals surface area contributed by atoms with Gasteiger partial charge in [0.1, 0.15) is 0 Å². The molecule has 0 spiro atoms. The minimum atomic E-state index is -0.138. The van der Waals surface area contributed by atoms with Crippen molar-refractivity contribution in [2.24, 2.45) is 17.8 Å². The topological polar surface area (TPSA) is 37.4 Å². The maximum Gasteiger partial charge on any atom is 0.237 e. The second-order valence-corrected chi connectivity index (χ2v) is 5.84. The van der Waals surface area contributed by atoms with Crippen molar-refractivity contribution in [3.8, 4) is 12.3 Å². The lowest BCUT2D eigenvalue weighted by atomic mass is 9.76. The predicted molar refractivity (Wildman–Crippen MR) is 76.9 cm³/mol. The van der Waals surface area contributed by atoms with Crippen LogP contribution < -0.4 is 4.90 Å². The van der Waals surface area contributed by atoms with Crippen molar-refractivity contribution in [2.75, 3.05) is 4.90 Å². The minimum absolute atomic E-state index is 0.0546. The smallest absolute Gasteiger partial charge is 0.237 e. The molecule has 3 rings (SSSR count). The van der Waals surface area contributed by atoms with Gasteiger partial charge in [0.05, 0.1) is 17.5 Å². The van der Waals surface area contributed by atoms with Crippen LogP contribution >= 0.6 is 0 Å². The normalized spacial score (nSPS) is 29.2. The van der Waals surface area contributed by atoms with Crippen LogP contribution in [0, 0.1) is 30.1 Å². The van der Waals surface area contributed by atoms with Crippen LogP contribution in [-0.4, -0.2) is 11.8 Å². The number of anilines is 1. The molecule has 3 heteroatoms. The molecule has 0 bridgehead atoms. The molecule has 1 aliphatic carbocycles. The van der Waals surface area contributed by atoms with Gasteiger partial charge in [-0.1, -0.05) is 18.9 Å². The summed E-state index contributed by atoms with van der Waals surface area (Å²) in [5.41, 5.74) is 1.30. The van der Waals surface area contributed by atoms with Gasteiger partial charge in [-0.25, -0.2) is 0 Å². The van der Waals surface area contributed by atoms with Gasteiger partial charge in [-0.3, -0.25) is 14.5 Å². The molecule has 0 unspecified atom stereocenters. The van der Waals surface area contributed by atoms with Gasteiger partial charge in [-0.2, -0.15) is 0 Å². The summed E-state index contributed by atoms with van der Waals surface area (Å²) in [4.78, 5) is 26.4. The summed E-state index contributed by atoms with van der Waals surface area (Å²) in [7, 11) is 0. The lowest BCUT2D eigenvalue weighted by molar-refractivity contribution is -0.122. The van der Waals surface area contributed by atoms with Gasteiger partial charge in [0.2, 0.25) is 11.8 Å². The molecule has 1 aromatic rings. The first kappa shape index (κ1) is 12.9. The number of carbonyl (C=O) groups is 2. The molecule has 1 saturated carbocycles. The van der Waals surface area contributed by atoms with Crippen molar-refractivity contribution < 1.29 is 9.59 Å². The van der Waals surface area contributed by atoms with E-state index in [1.807, 2.05) is 0 Å². The van der Waals surface area contributed by atoms with Gasteiger partial charge in [0.25, 0.3) is 0 Å². The van der Waals surface area contributed by atoms with E-state index in [2.05, 4.69) is 12.8 Å². The maximum atomic E-state index is 12.5. The van der Waals surface area contributed by atoms with E-state index in [9.17, 15) is 9.59 Å². The molecular weight excluding hydrogens is 250 g/mol. The fraction of sp³-hybridized carbons (Fsp3) is 0.412. The van der Waals surface area contributed by atoms with Crippen LogP contribution in [0.5, 0.6) is 0 Å². The lowest BCUT2D eigenvalue weighted by Gasteiger charge is -2.25. The molecule has 0 aromatic heterocycles. The van der Waals surface area contributed by atoms with E-state index >= 15 is 0 Å². The Hall–Kier alpha value is -2.08. The van der Waals surface area contributed by atoms with Gasteiger partial charge >= 0.3 is 0 Å². The van der Waals surface area contributed by atoms with Crippen molar-refractivity contribution in [3.05, 3.63) is 29.8 Å². The summed E-state index contributed by atoms with van der Waals surface area (Å²) in [6.45, 7) is 2.15. The number of benzene rings is 1. The van der Waals surface area contributed by atoms with E-state index in [0.717, 1.165) is 19.3 Å². The van der Waals surface area contributed by atoms with Crippen molar-refractivity contribution in [1.82, 2.24) is 0 Å². The zero-order chi connectivity index (χ0) is 14.3. The molecule has 0 radical (unpaired) electrons. The third-order valence-corrected chi connectivity index (χ3v) is 4.46. The van der Waals surface area contributed by atoms with E-state index in [1.54, 1.807) is 24.3 Å². The first-order valence-corrected chi connectivity index (χ1v) is 7.06. The summed E-state index contributed by atoms with van der Waals surface area (Å²) in [6.07, 6.45) is 8.05. The number of nitrogens with zero attached hydrogens (tertiary/aromatic N) is 1. The fourth-order valence-electron chi connectivity index (χ4n) is 3.38. The summed E-state index contributed by atoms with van der Waals surface area (Å²) >= 11 is 0. The van der Waals surface area contributed by atoms with Crippen LogP contribution in [0.25, 0.3) is 0 Å². The summed E-state index contributed by atoms with van der Waals surface area (Å²) < 4.78 is 0. The standard InChI is InChI=1S/C17H17NO2/c1-3-12-5-4-6-13(10-12)18-16(19)14-8-7-11(2)9-15(14)17(18)20/h1,4-6,10-11,14-15H,7-9H2,2H3/t11-,14+,15-/m1/s1. The average Bonchev–Trinajstić information content (AvgIpc) is 2.70. The molecule has 102 valence electrons. The average molecular weight is 267 g/mol. The highest BCUT2D eigenvalue weighted by atomic mass is 16.2. The molecule has 1 aromatic carbocycles. The van der Waals surface area contributed by atoms with Gasteiger partial charge in [0.15, 0.2) is 0 Å². The quantitative estimate of drug-likeness (QED) is 0.579. The van der Waals surface area contributed by atoms with E-state index in [-0.39, 0.29) is 23.7 Å². The Morgan fingerprint density at radius 3 is 2.70 bits per heavy atom. The maximum absolute atomic E-state index is 12.5. The van der Waals surface area contributed by atoms with Crippen LogP contribution in [0.3, 0.4) is 0 Å². The molecule has 3 nitrogen and oxygen atoms in total. The van der Waals surface area contributed by atoms with Crippen LogP contribution in [0.2, 0.25) is 0 Å².